The number of hydrogen-bond donors (Lipinski definition) is 2. The Kier molecular flexibility index (Phi) is 8.63. The molecule has 0 aromatic heterocycles. The molecule has 32 heavy (non-hydrogen) atoms. The van der Waals surface area contributed by atoms with E-state index in [4.69, 9.17) is 9.84 Å². The number of nitrogens with zero attached hydrogens (tertiary/aromatic N) is 2. The van der Waals surface area contributed by atoms with Crippen molar-refractivity contribution in [1.29, 1.82) is 0 Å². The van der Waals surface area contributed by atoms with Gasteiger partial charge in [0.1, 0.15) is 18.2 Å². The summed E-state index contributed by atoms with van der Waals surface area (Å²) in [5, 5.41) is 11.6. The van der Waals surface area contributed by atoms with Crippen LogP contribution in [-0.2, 0) is 25.5 Å². The van der Waals surface area contributed by atoms with Crippen LogP contribution < -0.4 is 5.32 Å². The molecule has 2 N–H and O–H groups in total. The highest BCUT2D eigenvalue weighted by molar-refractivity contribution is 5.87. The molecule has 1 saturated heterocycles. The number of aliphatic carboxylic acids is 1. The van der Waals surface area contributed by atoms with Gasteiger partial charge in [-0.15, -0.1) is 0 Å². The smallest absolute Gasteiger partial charge is 0.408 e. The van der Waals surface area contributed by atoms with E-state index in [1.807, 2.05) is 30.3 Å². The van der Waals surface area contributed by atoms with Crippen molar-refractivity contribution >= 4 is 23.9 Å². The molecule has 1 heterocycles. The van der Waals surface area contributed by atoms with E-state index in [2.05, 4.69) is 5.32 Å². The Labute approximate surface area is 188 Å². The minimum atomic E-state index is -1.06. The molecule has 9 nitrogen and oxygen atoms in total. The lowest BCUT2D eigenvalue weighted by atomic mass is 9.94. The van der Waals surface area contributed by atoms with Crippen LogP contribution in [0, 0.1) is 5.92 Å². The van der Waals surface area contributed by atoms with Crippen molar-refractivity contribution in [3.8, 4) is 0 Å². The van der Waals surface area contributed by atoms with Crippen molar-refractivity contribution in [2.24, 2.45) is 5.92 Å². The Morgan fingerprint density at radius 3 is 2.28 bits per heavy atom. The second-order valence-corrected chi connectivity index (χ2v) is 9.08. The van der Waals surface area contributed by atoms with Gasteiger partial charge in [-0.25, -0.2) is 4.79 Å². The molecule has 1 aliphatic rings. The number of carbonyl (C=O) groups is 4. The number of likely N-dealkylation sites (N-methyl/N-ethyl adjacent to an activating group) is 1. The fourth-order valence-electron chi connectivity index (χ4n) is 3.66. The van der Waals surface area contributed by atoms with Crippen molar-refractivity contribution in [1.82, 2.24) is 15.1 Å². The molecule has 9 heteroatoms. The summed E-state index contributed by atoms with van der Waals surface area (Å²) in [6, 6.07) is 8.60. The summed E-state index contributed by atoms with van der Waals surface area (Å²) >= 11 is 0. The summed E-state index contributed by atoms with van der Waals surface area (Å²) in [6.45, 7) is 5.63. The topological polar surface area (TPSA) is 116 Å². The average molecular weight is 448 g/mol. The monoisotopic (exact) mass is 447 g/mol. The van der Waals surface area contributed by atoms with Crippen molar-refractivity contribution in [2.75, 3.05) is 26.7 Å². The summed E-state index contributed by atoms with van der Waals surface area (Å²) < 4.78 is 5.33. The molecular formula is C23H33N3O6. The highest BCUT2D eigenvalue weighted by Gasteiger charge is 2.33. The first kappa shape index (κ1) is 25.2. The van der Waals surface area contributed by atoms with Gasteiger partial charge in [-0.3, -0.25) is 14.4 Å². The first-order chi connectivity index (χ1) is 15.0. The van der Waals surface area contributed by atoms with Gasteiger partial charge in [0.05, 0.1) is 0 Å². The third-order valence-corrected chi connectivity index (χ3v) is 5.18. The van der Waals surface area contributed by atoms with Gasteiger partial charge in [0.15, 0.2) is 0 Å². The number of piperidine rings is 1. The zero-order valence-electron chi connectivity index (χ0n) is 19.2. The van der Waals surface area contributed by atoms with Gasteiger partial charge in [-0.2, -0.15) is 0 Å². The average Bonchev–Trinajstić information content (AvgIpc) is 2.71. The molecule has 1 aliphatic heterocycles. The number of rotatable bonds is 7. The molecule has 2 rings (SSSR count). The van der Waals surface area contributed by atoms with Crippen LogP contribution in [0.25, 0.3) is 0 Å². The van der Waals surface area contributed by atoms with E-state index in [1.54, 1.807) is 25.7 Å². The fourth-order valence-corrected chi connectivity index (χ4v) is 3.66. The standard InChI is InChI=1S/C23H33N3O6/c1-23(2,3)32-22(31)24-18(14-16-8-6-5-7-9-16)21(30)26-12-10-17(11-13-26)20(29)25(4)15-19(27)28/h5-9,17-18H,10-15H2,1-4H3,(H,24,31)(H,27,28)/t18-/m0/s1. The second kappa shape index (κ2) is 11.0. The van der Waals surface area contributed by atoms with Gasteiger partial charge in [0, 0.05) is 32.5 Å². The number of ether oxygens (including phenoxy) is 1. The minimum absolute atomic E-state index is 0.229. The van der Waals surface area contributed by atoms with Crippen molar-refractivity contribution in [3.05, 3.63) is 35.9 Å². The molecular weight excluding hydrogens is 414 g/mol. The number of likely N-dealkylation sites (tertiary alicyclic amines) is 1. The quantitative estimate of drug-likeness (QED) is 0.660. The number of amides is 3. The lowest BCUT2D eigenvalue weighted by molar-refractivity contribution is -0.146. The Hall–Kier alpha value is -3.10. The summed E-state index contributed by atoms with van der Waals surface area (Å²) in [6.07, 6.45) is 0.545. The van der Waals surface area contributed by atoms with E-state index < -0.39 is 23.7 Å². The third-order valence-electron chi connectivity index (χ3n) is 5.18. The molecule has 1 atom stereocenters. The molecule has 3 amide bonds. The van der Waals surface area contributed by atoms with Crippen LogP contribution >= 0.6 is 0 Å². The lowest BCUT2D eigenvalue weighted by Crippen LogP contribution is -2.53. The molecule has 0 bridgehead atoms. The predicted octanol–water partition coefficient (Wildman–Crippen LogP) is 1.90. The number of benzene rings is 1. The molecule has 176 valence electrons. The third kappa shape index (κ3) is 7.86. The maximum atomic E-state index is 13.2. The largest absolute Gasteiger partial charge is 0.480 e. The van der Waals surface area contributed by atoms with Gasteiger partial charge < -0.3 is 25.0 Å². The van der Waals surface area contributed by atoms with Gasteiger partial charge in [0.2, 0.25) is 11.8 Å². The Morgan fingerprint density at radius 1 is 1.16 bits per heavy atom. The van der Waals surface area contributed by atoms with Crippen LogP contribution in [0.15, 0.2) is 30.3 Å². The van der Waals surface area contributed by atoms with Gasteiger partial charge >= 0.3 is 12.1 Å². The van der Waals surface area contributed by atoms with E-state index in [-0.39, 0.29) is 24.3 Å². The minimum Gasteiger partial charge on any atom is -0.480 e. The van der Waals surface area contributed by atoms with Crippen molar-refractivity contribution in [3.63, 3.8) is 0 Å². The summed E-state index contributed by atoms with van der Waals surface area (Å²) in [5.41, 5.74) is 0.216. The Balaban J connectivity index is 2.03. The zero-order valence-corrected chi connectivity index (χ0v) is 19.2. The number of hydrogen-bond acceptors (Lipinski definition) is 5. The highest BCUT2D eigenvalue weighted by atomic mass is 16.6. The van der Waals surface area contributed by atoms with Gasteiger partial charge in [-0.1, -0.05) is 30.3 Å². The van der Waals surface area contributed by atoms with Crippen LogP contribution in [-0.4, -0.2) is 77.1 Å². The molecule has 1 aromatic rings. The molecule has 0 aliphatic carbocycles. The van der Waals surface area contributed by atoms with E-state index in [0.29, 0.717) is 32.4 Å². The van der Waals surface area contributed by atoms with Crippen molar-refractivity contribution < 1.29 is 29.0 Å². The number of nitrogens with one attached hydrogen (secondary N) is 1. The molecule has 0 spiro atoms. The van der Waals surface area contributed by atoms with Crippen LogP contribution in [0.5, 0.6) is 0 Å². The fraction of sp³-hybridized carbons (Fsp3) is 0.565. The van der Waals surface area contributed by atoms with Crippen LogP contribution in [0.2, 0.25) is 0 Å². The first-order valence-corrected chi connectivity index (χ1v) is 10.8. The number of alkyl carbamates (subject to hydrolysis) is 1. The van der Waals surface area contributed by atoms with Gasteiger partial charge in [0.25, 0.3) is 0 Å². The molecule has 0 saturated carbocycles. The van der Waals surface area contributed by atoms with Crippen LogP contribution in [0.1, 0.15) is 39.2 Å². The normalized spacial score (nSPS) is 15.6. The maximum absolute atomic E-state index is 13.2. The SMILES string of the molecule is CN(CC(=O)O)C(=O)C1CCN(C(=O)[C@H](Cc2ccccc2)NC(=O)OC(C)(C)C)CC1. The first-order valence-electron chi connectivity index (χ1n) is 10.8. The predicted molar refractivity (Wildman–Crippen MR) is 118 cm³/mol. The number of carboxylic acid groups (broad SMARTS) is 1. The van der Waals surface area contributed by atoms with Crippen LogP contribution in [0.3, 0.4) is 0 Å². The Morgan fingerprint density at radius 2 is 1.75 bits per heavy atom. The highest BCUT2D eigenvalue weighted by Crippen LogP contribution is 2.21. The zero-order chi connectivity index (χ0) is 23.9. The lowest BCUT2D eigenvalue weighted by Gasteiger charge is -2.35. The van der Waals surface area contributed by atoms with Crippen molar-refractivity contribution in [2.45, 2.75) is 51.7 Å². The second-order valence-electron chi connectivity index (χ2n) is 9.08. The van der Waals surface area contributed by atoms with Crippen LogP contribution in [0.4, 0.5) is 4.79 Å². The molecule has 1 fully saturated rings. The van der Waals surface area contributed by atoms with E-state index in [9.17, 15) is 19.2 Å². The molecule has 0 radical (unpaired) electrons. The molecule has 0 unspecified atom stereocenters. The number of carboxylic acids is 1. The maximum Gasteiger partial charge on any atom is 0.408 e. The number of carbonyl (C=O) groups excluding carboxylic acids is 3. The van der Waals surface area contributed by atoms with E-state index in [0.717, 1.165) is 5.56 Å². The van der Waals surface area contributed by atoms with E-state index in [1.165, 1.54) is 11.9 Å². The Bertz CT molecular complexity index is 813. The summed E-state index contributed by atoms with van der Waals surface area (Å²) in [4.78, 5) is 51.7. The van der Waals surface area contributed by atoms with Gasteiger partial charge in [-0.05, 0) is 39.2 Å². The summed E-state index contributed by atoms with van der Waals surface area (Å²) in [7, 11) is 1.47. The molecule has 1 aromatic carbocycles. The summed E-state index contributed by atoms with van der Waals surface area (Å²) in [5.74, 6) is -1.85. The van der Waals surface area contributed by atoms with E-state index >= 15 is 0 Å².